The third-order valence-electron chi connectivity index (χ3n) is 5.11. The molecule has 0 bridgehead atoms. The van der Waals surface area contributed by atoms with E-state index in [9.17, 15) is 9.90 Å². The van der Waals surface area contributed by atoms with Gasteiger partial charge in [0.05, 0.1) is 24.9 Å². The fourth-order valence-corrected chi connectivity index (χ4v) is 3.05. The van der Waals surface area contributed by atoms with Gasteiger partial charge in [-0.05, 0) is 70.6 Å². The minimum Gasteiger partial charge on any atom is -0.392 e. The van der Waals surface area contributed by atoms with Crippen LogP contribution in [-0.4, -0.2) is 51.8 Å². The van der Waals surface area contributed by atoms with E-state index in [2.05, 4.69) is 9.93 Å². The summed E-state index contributed by atoms with van der Waals surface area (Å²) in [6, 6.07) is 0. The number of allylic oxidation sites excluding steroid dienone is 1. The highest BCUT2D eigenvalue weighted by molar-refractivity contribution is 5.91. The summed E-state index contributed by atoms with van der Waals surface area (Å²) in [4.78, 5) is 16.9. The van der Waals surface area contributed by atoms with Crippen molar-refractivity contribution in [1.29, 1.82) is 0 Å². The van der Waals surface area contributed by atoms with Gasteiger partial charge in [0.1, 0.15) is 5.60 Å². The molecule has 1 rings (SSSR count). The summed E-state index contributed by atoms with van der Waals surface area (Å²) in [5, 5.41) is 31.5. The molecule has 3 atom stereocenters. The zero-order valence-corrected chi connectivity index (χ0v) is 16.8. The summed E-state index contributed by atoms with van der Waals surface area (Å²) in [6.45, 7) is 7.46. The molecule has 0 spiro atoms. The molecular formula is C20H34O7. The van der Waals surface area contributed by atoms with Crippen molar-refractivity contribution in [3.05, 3.63) is 23.8 Å². The molecule has 1 fully saturated rings. The molecule has 1 aliphatic rings. The van der Waals surface area contributed by atoms with Gasteiger partial charge in [-0.2, -0.15) is 4.89 Å². The number of rotatable bonds is 10. The Kier molecular flexibility index (Phi) is 9.80. The topological polar surface area (TPSA) is 105 Å². The summed E-state index contributed by atoms with van der Waals surface area (Å²) in [5.41, 5.74) is -0.557. The van der Waals surface area contributed by atoms with Crippen LogP contribution < -0.4 is 0 Å². The van der Waals surface area contributed by atoms with Crippen molar-refractivity contribution in [2.24, 2.45) is 5.92 Å². The van der Waals surface area contributed by atoms with Crippen LogP contribution in [0.1, 0.15) is 59.8 Å². The van der Waals surface area contributed by atoms with E-state index in [0.29, 0.717) is 32.3 Å². The zero-order valence-electron chi connectivity index (χ0n) is 16.8. The van der Waals surface area contributed by atoms with E-state index in [0.717, 1.165) is 12.0 Å². The molecule has 0 aromatic rings. The van der Waals surface area contributed by atoms with Crippen LogP contribution >= 0.6 is 0 Å². The van der Waals surface area contributed by atoms with Crippen LogP contribution in [0.15, 0.2) is 23.8 Å². The Balaban J connectivity index is 2.51. The van der Waals surface area contributed by atoms with Gasteiger partial charge in [0.25, 0.3) is 0 Å². The van der Waals surface area contributed by atoms with Gasteiger partial charge in [-0.25, -0.2) is 5.26 Å². The van der Waals surface area contributed by atoms with Gasteiger partial charge in [0, 0.05) is 5.92 Å². The fourth-order valence-electron chi connectivity index (χ4n) is 3.05. The van der Waals surface area contributed by atoms with E-state index >= 15 is 0 Å². The van der Waals surface area contributed by atoms with Gasteiger partial charge >= 0.3 is 0 Å². The number of carbonyl (C=O) groups excluding carboxylic acids is 1. The number of aliphatic hydroxyl groups excluding tert-OH is 2. The quantitative estimate of drug-likeness (QED) is 0.229. The predicted molar refractivity (Wildman–Crippen MR) is 101 cm³/mol. The Labute approximate surface area is 161 Å². The van der Waals surface area contributed by atoms with Crippen LogP contribution in [0.25, 0.3) is 0 Å². The summed E-state index contributed by atoms with van der Waals surface area (Å²) >= 11 is 0. The summed E-state index contributed by atoms with van der Waals surface area (Å²) in [5.74, 6) is -0.214. The fraction of sp³-hybridized carbons (Fsp3) is 0.750. The lowest BCUT2D eigenvalue weighted by Crippen LogP contribution is -2.41. The largest absolute Gasteiger partial charge is 0.392 e. The van der Waals surface area contributed by atoms with E-state index in [1.807, 2.05) is 13.8 Å². The molecule has 0 amide bonds. The maximum atomic E-state index is 12.2. The second-order valence-corrected chi connectivity index (χ2v) is 7.99. The highest BCUT2D eigenvalue weighted by atomic mass is 17.5. The van der Waals surface area contributed by atoms with Gasteiger partial charge in [0.2, 0.25) is 0 Å². The lowest BCUT2D eigenvalue weighted by molar-refractivity contribution is -0.515. The van der Waals surface area contributed by atoms with Gasteiger partial charge in [-0.15, -0.1) is 0 Å². The van der Waals surface area contributed by atoms with Crippen molar-refractivity contribution in [2.45, 2.75) is 77.1 Å². The normalized spacial score (nSPS) is 27.1. The van der Waals surface area contributed by atoms with Gasteiger partial charge in [-0.1, -0.05) is 18.0 Å². The monoisotopic (exact) mass is 386 g/mol. The third kappa shape index (κ3) is 8.21. The summed E-state index contributed by atoms with van der Waals surface area (Å²) < 4.78 is 5.95. The molecule has 27 heavy (non-hydrogen) atoms. The number of ketones is 1. The average Bonchev–Trinajstić information content (AvgIpc) is 2.74. The van der Waals surface area contributed by atoms with Crippen LogP contribution in [-0.2, 0) is 19.5 Å². The molecular weight excluding hydrogens is 352 g/mol. The van der Waals surface area contributed by atoms with Crippen molar-refractivity contribution in [3.8, 4) is 0 Å². The first-order valence-corrected chi connectivity index (χ1v) is 9.46. The Morgan fingerprint density at radius 2 is 2.19 bits per heavy atom. The molecule has 7 nitrogen and oxygen atoms in total. The second-order valence-electron chi connectivity index (χ2n) is 7.99. The van der Waals surface area contributed by atoms with Gasteiger partial charge in [0.15, 0.2) is 5.78 Å². The Morgan fingerprint density at radius 1 is 1.48 bits per heavy atom. The van der Waals surface area contributed by atoms with E-state index in [1.54, 1.807) is 19.9 Å². The predicted octanol–water partition coefficient (Wildman–Crippen LogP) is 2.97. The van der Waals surface area contributed by atoms with Crippen LogP contribution in [0.4, 0.5) is 0 Å². The molecule has 0 saturated carbocycles. The van der Waals surface area contributed by atoms with Gasteiger partial charge < -0.3 is 14.9 Å². The molecule has 0 radical (unpaired) electrons. The van der Waals surface area contributed by atoms with Crippen LogP contribution in [0, 0.1) is 5.92 Å². The summed E-state index contributed by atoms with van der Waals surface area (Å²) in [6.07, 6.45) is 7.51. The SMILES string of the molecule is CC(CCC[C@]1(C)OC/C(=C/CO)CC[C@H]1O)C(=O)/C=C/C(C)(C)OOO. The lowest BCUT2D eigenvalue weighted by atomic mass is 9.87. The Hall–Kier alpha value is -1.09. The van der Waals surface area contributed by atoms with Crippen molar-refractivity contribution in [2.75, 3.05) is 13.2 Å². The molecule has 1 heterocycles. The van der Waals surface area contributed by atoms with E-state index in [4.69, 9.17) is 15.1 Å². The van der Waals surface area contributed by atoms with Crippen molar-refractivity contribution in [1.82, 2.24) is 0 Å². The first-order chi connectivity index (χ1) is 12.6. The maximum absolute atomic E-state index is 12.2. The Morgan fingerprint density at radius 3 is 2.81 bits per heavy atom. The van der Waals surface area contributed by atoms with E-state index in [1.165, 1.54) is 12.2 Å². The number of aliphatic hydroxyl groups is 2. The molecule has 0 aromatic heterocycles. The van der Waals surface area contributed by atoms with Crippen LogP contribution in [0.5, 0.6) is 0 Å². The zero-order chi connectivity index (χ0) is 20.5. The smallest absolute Gasteiger partial charge is 0.158 e. The highest BCUT2D eigenvalue weighted by Crippen LogP contribution is 2.31. The number of hydrogen-bond acceptors (Lipinski definition) is 7. The average molecular weight is 386 g/mol. The second kappa shape index (κ2) is 11.0. The molecule has 1 unspecified atom stereocenters. The van der Waals surface area contributed by atoms with Crippen LogP contribution in [0.3, 0.4) is 0 Å². The first kappa shape index (κ1) is 23.9. The maximum Gasteiger partial charge on any atom is 0.158 e. The summed E-state index contributed by atoms with van der Waals surface area (Å²) in [7, 11) is 0. The number of ether oxygens (including phenoxy) is 1. The third-order valence-corrected chi connectivity index (χ3v) is 5.11. The van der Waals surface area contributed by atoms with Crippen molar-refractivity contribution >= 4 is 5.78 Å². The number of hydrogen-bond donors (Lipinski definition) is 3. The molecule has 0 aliphatic carbocycles. The lowest BCUT2D eigenvalue weighted by Gasteiger charge is -2.33. The van der Waals surface area contributed by atoms with E-state index in [-0.39, 0.29) is 18.3 Å². The number of carbonyl (C=O) groups is 1. The molecule has 156 valence electrons. The molecule has 7 heteroatoms. The van der Waals surface area contributed by atoms with Gasteiger partial charge in [-0.3, -0.25) is 4.79 Å². The van der Waals surface area contributed by atoms with E-state index < -0.39 is 17.3 Å². The molecule has 1 aliphatic heterocycles. The molecule has 0 aromatic carbocycles. The minimum atomic E-state index is -0.907. The van der Waals surface area contributed by atoms with Crippen molar-refractivity contribution < 1.29 is 34.9 Å². The molecule has 1 saturated heterocycles. The first-order valence-electron chi connectivity index (χ1n) is 9.46. The van der Waals surface area contributed by atoms with Crippen molar-refractivity contribution in [3.63, 3.8) is 0 Å². The standard InChI is InChI=1S/C20H34O7/c1-15(17(22)9-12-19(2,3)26-27-24)6-5-11-20(4)18(23)8-7-16(10-13-21)14-25-20/h9-10,12,15,18,21,23-24H,5-8,11,13-14H2,1-4H3/b12-9+,16-10+/t15?,18-,20+/m1/s1. The highest BCUT2D eigenvalue weighted by Gasteiger charge is 2.36. The Bertz CT molecular complexity index is 526. The molecule has 3 N–H and O–H groups in total. The van der Waals surface area contributed by atoms with Crippen LogP contribution in [0.2, 0.25) is 0 Å². The minimum absolute atomic E-state index is 0.0229.